The minimum atomic E-state index is -0.563. The third-order valence-corrected chi connectivity index (χ3v) is 5.74. The van der Waals surface area contributed by atoms with Crippen molar-refractivity contribution in [3.8, 4) is 11.8 Å². The van der Waals surface area contributed by atoms with E-state index < -0.39 is 11.7 Å². The molecule has 0 aliphatic heterocycles. The van der Waals surface area contributed by atoms with E-state index in [4.69, 9.17) is 16.3 Å². The minimum Gasteiger partial charge on any atom is -0.492 e. The van der Waals surface area contributed by atoms with Crippen molar-refractivity contribution >= 4 is 40.2 Å². The first kappa shape index (κ1) is 23.1. The van der Waals surface area contributed by atoms with Gasteiger partial charge in [0.25, 0.3) is 5.91 Å². The van der Waals surface area contributed by atoms with E-state index in [0.29, 0.717) is 23.9 Å². The molecule has 1 aromatic heterocycles. The van der Waals surface area contributed by atoms with E-state index in [9.17, 15) is 14.4 Å². The number of aryl methyl sites for hydroxylation is 1. The van der Waals surface area contributed by atoms with Crippen molar-refractivity contribution in [3.05, 3.63) is 100 Å². The summed E-state index contributed by atoms with van der Waals surface area (Å²) in [5.41, 5.74) is 3.00. The van der Waals surface area contributed by atoms with Gasteiger partial charge in [-0.15, -0.1) is 0 Å². The van der Waals surface area contributed by atoms with Gasteiger partial charge in [-0.3, -0.25) is 4.79 Å². The van der Waals surface area contributed by atoms with E-state index in [-0.39, 0.29) is 5.57 Å². The number of para-hydroxylation sites is 1. The molecule has 5 nitrogen and oxygen atoms in total. The van der Waals surface area contributed by atoms with Gasteiger partial charge in [-0.05, 0) is 67.1 Å². The Kier molecular flexibility index (Phi) is 6.95. The molecule has 0 bridgehead atoms. The quantitative estimate of drug-likeness (QED) is 0.250. The number of rotatable bonds is 7. The molecule has 0 fully saturated rings. The number of carbonyl (C=O) groups excluding carboxylic acids is 1. The maximum atomic E-state index is 13.1. The Bertz CT molecular complexity index is 1420. The van der Waals surface area contributed by atoms with Crippen LogP contribution in [0.1, 0.15) is 11.1 Å². The lowest BCUT2D eigenvalue weighted by atomic mass is 10.1. The molecule has 0 aliphatic carbocycles. The minimum absolute atomic E-state index is 0.0554. The highest BCUT2D eigenvalue weighted by atomic mass is 35.5. The molecule has 7 heteroatoms. The number of ether oxygens (including phenoxy) is 1. The Morgan fingerprint density at radius 2 is 1.94 bits per heavy atom. The van der Waals surface area contributed by atoms with E-state index in [1.54, 1.807) is 12.1 Å². The number of nitriles is 1. The van der Waals surface area contributed by atoms with Gasteiger partial charge in [-0.1, -0.05) is 29.8 Å². The SMILES string of the molecule is Cc1cc(OCCn2cc(C=C(C#N)C(=O)Nc3ccc(F)cc3)c3ccccc32)ccc1Cl. The fourth-order valence-electron chi connectivity index (χ4n) is 3.58. The second-order valence-electron chi connectivity index (χ2n) is 7.69. The molecular weight excluding hydrogens is 453 g/mol. The molecule has 1 amide bonds. The van der Waals surface area contributed by atoms with E-state index in [2.05, 4.69) is 5.32 Å². The first-order chi connectivity index (χ1) is 16.4. The second-order valence-corrected chi connectivity index (χ2v) is 8.09. The fraction of sp³-hybridized carbons (Fsp3) is 0.111. The Labute approximate surface area is 201 Å². The van der Waals surface area contributed by atoms with Gasteiger partial charge in [0.05, 0.1) is 6.54 Å². The van der Waals surface area contributed by atoms with Crippen LogP contribution < -0.4 is 10.1 Å². The predicted molar refractivity (Wildman–Crippen MR) is 132 cm³/mol. The Morgan fingerprint density at radius 3 is 2.68 bits per heavy atom. The molecule has 34 heavy (non-hydrogen) atoms. The number of fused-ring (bicyclic) bond motifs is 1. The summed E-state index contributed by atoms with van der Waals surface area (Å²) in [5.74, 6) is -0.230. The summed E-state index contributed by atoms with van der Waals surface area (Å²) in [6.45, 7) is 2.92. The smallest absolute Gasteiger partial charge is 0.266 e. The Balaban J connectivity index is 1.54. The fourth-order valence-corrected chi connectivity index (χ4v) is 3.70. The number of nitrogens with zero attached hydrogens (tertiary/aromatic N) is 2. The number of benzene rings is 3. The molecular formula is C27H21ClFN3O2. The monoisotopic (exact) mass is 473 g/mol. The zero-order chi connectivity index (χ0) is 24.1. The summed E-state index contributed by atoms with van der Waals surface area (Å²) in [7, 11) is 0. The molecule has 0 unspecified atom stereocenters. The zero-order valence-corrected chi connectivity index (χ0v) is 19.1. The van der Waals surface area contributed by atoms with Gasteiger partial charge in [0, 0.05) is 33.4 Å². The van der Waals surface area contributed by atoms with Crippen LogP contribution in [0.3, 0.4) is 0 Å². The number of hydrogen-bond donors (Lipinski definition) is 1. The van der Waals surface area contributed by atoms with Gasteiger partial charge >= 0.3 is 0 Å². The van der Waals surface area contributed by atoms with Crippen LogP contribution in [0.4, 0.5) is 10.1 Å². The number of hydrogen-bond acceptors (Lipinski definition) is 3. The highest BCUT2D eigenvalue weighted by molar-refractivity contribution is 6.31. The van der Waals surface area contributed by atoms with Crippen molar-refractivity contribution in [2.75, 3.05) is 11.9 Å². The number of halogens is 2. The lowest BCUT2D eigenvalue weighted by molar-refractivity contribution is -0.112. The molecule has 1 heterocycles. The van der Waals surface area contributed by atoms with Crippen LogP contribution in [0.2, 0.25) is 5.02 Å². The number of carbonyl (C=O) groups is 1. The van der Waals surface area contributed by atoms with Gasteiger partial charge in [-0.25, -0.2) is 4.39 Å². The van der Waals surface area contributed by atoms with E-state index in [1.165, 1.54) is 24.3 Å². The van der Waals surface area contributed by atoms with Crippen molar-refractivity contribution in [2.24, 2.45) is 0 Å². The summed E-state index contributed by atoms with van der Waals surface area (Å²) < 4.78 is 21.0. The Hall–Kier alpha value is -4.08. The van der Waals surface area contributed by atoms with Crippen LogP contribution in [0.15, 0.2) is 78.5 Å². The third-order valence-electron chi connectivity index (χ3n) is 5.32. The molecule has 4 rings (SSSR count). The largest absolute Gasteiger partial charge is 0.492 e. The van der Waals surface area contributed by atoms with E-state index in [1.807, 2.05) is 60.2 Å². The van der Waals surface area contributed by atoms with Crippen LogP contribution in [0, 0.1) is 24.1 Å². The summed E-state index contributed by atoms with van der Waals surface area (Å²) >= 11 is 6.07. The van der Waals surface area contributed by atoms with Crippen molar-refractivity contribution in [3.63, 3.8) is 0 Å². The van der Waals surface area contributed by atoms with E-state index >= 15 is 0 Å². The van der Waals surface area contributed by atoms with Crippen molar-refractivity contribution in [1.82, 2.24) is 4.57 Å². The van der Waals surface area contributed by atoms with Gasteiger partial charge in [0.15, 0.2) is 0 Å². The van der Waals surface area contributed by atoms with Crippen LogP contribution >= 0.6 is 11.6 Å². The number of aromatic nitrogens is 1. The zero-order valence-electron chi connectivity index (χ0n) is 18.4. The topological polar surface area (TPSA) is 67.0 Å². The first-order valence-corrected chi connectivity index (χ1v) is 11.0. The van der Waals surface area contributed by atoms with Gasteiger partial charge in [-0.2, -0.15) is 5.26 Å². The molecule has 0 saturated heterocycles. The molecule has 1 N–H and O–H groups in total. The highest BCUT2D eigenvalue weighted by Gasteiger charge is 2.13. The average molecular weight is 474 g/mol. The second kappa shape index (κ2) is 10.2. The maximum Gasteiger partial charge on any atom is 0.266 e. The van der Waals surface area contributed by atoms with Gasteiger partial charge < -0.3 is 14.6 Å². The number of amides is 1. The summed E-state index contributed by atoms with van der Waals surface area (Å²) in [4.78, 5) is 12.6. The van der Waals surface area contributed by atoms with Crippen molar-refractivity contribution in [1.29, 1.82) is 5.26 Å². The highest BCUT2D eigenvalue weighted by Crippen LogP contribution is 2.25. The van der Waals surface area contributed by atoms with Crippen LogP contribution in [-0.2, 0) is 11.3 Å². The van der Waals surface area contributed by atoms with Crippen molar-refractivity contribution < 1.29 is 13.9 Å². The summed E-state index contributed by atoms with van der Waals surface area (Å²) in [6.07, 6.45) is 3.45. The number of nitrogens with one attached hydrogen (secondary N) is 1. The first-order valence-electron chi connectivity index (χ1n) is 10.6. The lowest BCUT2D eigenvalue weighted by Gasteiger charge is -2.09. The van der Waals surface area contributed by atoms with Crippen LogP contribution in [0.25, 0.3) is 17.0 Å². The van der Waals surface area contributed by atoms with Crippen LogP contribution in [-0.4, -0.2) is 17.1 Å². The van der Waals surface area contributed by atoms with Gasteiger partial charge in [0.2, 0.25) is 0 Å². The summed E-state index contributed by atoms with van der Waals surface area (Å²) in [6, 6.07) is 20.6. The lowest BCUT2D eigenvalue weighted by Crippen LogP contribution is -2.13. The molecule has 170 valence electrons. The Morgan fingerprint density at radius 1 is 1.18 bits per heavy atom. The summed E-state index contributed by atoms with van der Waals surface area (Å²) in [5, 5.41) is 13.8. The average Bonchev–Trinajstić information content (AvgIpc) is 3.18. The molecule has 3 aromatic carbocycles. The molecule has 0 radical (unpaired) electrons. The van der Waals surface area contributed by atoms with Crippen molar-refractivity contribution in [2.45, 2.75) is 13.5 Å². The molecule has 0 aliphatic rings. The normalized spacial score (nSPS) is 11.3. The molecule has 0 saturated carbocycles. The predicted octanol–water partition coefficient (Wildman–Crippen LogP) is 6.37. The van der Waals surface area contributed by atoms with Gasteiger partial charge in [0.1, 0.15) is 29.8 Å². The van der Waals surface area contributed by atoms with Crippen LogP contribution in [0.5, 0.6) is 5.75 Å². The molecule has 4 aromatic rings. The number of anilines is 1. The third kappa shape index (κ3) is 5.28. The molecule has 0 atom stereocenters. The maximum absolute atomic E-state index is 13.1. The standard InChI is InChI=1S/C27H21ClFN3O2/c1-18-14-23(10-11-25(18)28)34-13-12-32-17-20(24-4-2-3-5-26(24)32)15-19(16-30)27(33)31-22-8-6-21(29)7-9-22/h2-11,14-15,17H,12-13H2,1H3,(H,31,33). The molecule has 0 spiro atoms. The van der Waals surface area contributed by atoms with E-state index in [0.717, 1.165) is 27.8 Å².